The number of nitrogens with one attached hydrogen (secondary N) is 1. The molecule has 1 N–H and O–H groups in total. The fourth-order valence-corrected chi connectivity index (χ4v) is 3.84. The number of hydrogen-bond acceptors (Lipinski definition) is 2. The van der Waals surface area contributed by atoms with Crippen molar-refractivity contribution < 1.29 is 9.59 Å². The van der Waals surface area contributed by atoms with Gasteiger partial charge in [0.2, 0.25) is 5.91 Å². The highest BCUT2D eigenvalue weighted by atomic mass is 16.2. The Morgan fingerprint density at radius 2 is 1.78 bits per heavy atom. The summed E-state index contributed by atoms with van der Waals surface area (Å²) in [6.45, 7) is 10.00. The van der Waals surface area contributed by atoms with E-state index in [0.29, 0.717) is 12.0 Å². The molecule has 2 heterocycles. The van der Waals surface area contributed by atoms with Crippen LogP contribution >= 0.6 is 0 Å². The maximum absolute atomic E-state index is 12.6. The van der Waals surface area contributed by atoms with Crippen LogP contribution in [0.25, 0.3) is 0 Å². The lowest BCUT2D eigenvalue weighted by Crippen LogP contribution is -2.52. The molecule has 2 aliphatic heterocycles. The molecule has 2 aliphatic rings. The van der Waals surface area contributed by atoms with Crippen LogP contribution in [0.5, 0.6) is 0 Å². The van der Waals surface area contributed by atoms with Crippen LogP contribution in [0, 0.1) is 5.92 Å². The fraction of sp³-hybridized carbons (Fsp3) is 0.778. The molecule has 1 atom stereocenters. The lowest BCUT2D eigenvalue weighted by atomic mass is 9.86. The van der Waals surface area contributed by atoms with Crippen molar-refractivity contribution in [3.05, 3.63) is 12.7 Å². The largest absolute Gasteiger partial charge is 0.339 e. The van der Waals surface area contributed by atoms with Crippen LogP contribution in [0.2, 0.25) is 0 Å². The summed E-state index contributed by atoms with van der Waals surface area (Å²) in [5.41, 5.74) is 0. The predicted octanol–water partition coefficient (Wildman–Crippen LogP) is 2.77. The first-order valence-corrected chi connectivity index (χ1v) is 9.01. The standard InChI is InChI=1S/C18H31N3O2/c1-4-17(22)20-12-9-15(10-13-20)16-8-6-5-7-11-21(16)18(23)19-14(2)3/h4,14-16H,1,5-13H2,2-3H3,(H,19,23). The first kappa shape index (κ1) is 17.8. The number of carbonyl (C=O) groups is 2. The smallest absolute Gasteiger partial charge is 0.317 e. The summed E-state index contributed by atoms with van der Waals surface area (Å²) in [5.74, 6) is 0.526. The molecule has 0 aliphatic carbocycles. The molecular weight excluding hydrogens is 290 g/mol. The van der Waals surface area contributed by atoms with Crippen LogP contribution in [-0.4, -0.2) is 53.5 Å². The van der Waals surface area contributed by atoms with Crippen LogP contribution in [0.4, 0.5) is 4.79 Å². The Balaban J connectivity index is 2.01. The minimum absolute atomic E-state index is 0.0266. The van der Waals surface area contributed by atoms with Gasteiger partial charge in [0.05, 0.1) is 0 Å². The number of carbonyl (C=O) groups excluding carboxylic acids is 2. The molecule has 0 saturated carbocycles. The second-order valence-electron chi connectivity index (χ2n) is 7.08. The van der Waals surface area contributed by atoms with Gasteiger partial charge in [0.15, 0.2) is 0 Å². The Kier molecular flexibility index (Phi) is 6.48. The van der Waals surface area contributed by atoms with Gasteiger partial charge in [-0.25, -0.2) is 4.79 Å². The van der Waals surface area contributed by atoms with Gasteiger partial charge < -0.3 is 15.1 Å². The molecule has 5 nitrogen and oxygen atoms in total. The summed E-state index contributed by atoms with van der Waals surface area (Å²) >= 11 is 0. The van der Waals surface area contributed by atoms with E-state index in [1.54, 1.807) is 0 Å². The minimum atomic E-state index is 0.0266. The van der Waals surface area contributed by atoms with Crippen molar-refractivity contribution >= 4 is 11.9 Å². The molecule has 0 aromatic heterocycles. The zero-order valence-corrected chi connectivity index (χ0v) is 14.6. The molecule has 0 spiro atoms. The third-order valence-corrected chi connectivity index (χ3v) is 5.04. The number of likely N-dealkylation sites (tertiary alicyclic amines) is 2. The van der Waals surface area contributed by atoms with Crippen molar-refractivity contribution in [2.45, 2.75) is 64.5 Å². The zero-order valence-electron chi connectivity index (χ0n) is 14.6. The van der Waals surface area contributed by atoms with E-state index in [2.05, 4.69) is 16.8 Å². The normalized spacial score (nSPS) is 23.5. The number of nitrogens with zero attached hydrogens (tertiary/aromatic N) is 2. The summed E-state index contributed by atoms with van der Waals surface area (Å²) in [7, 11) is 0. The van der Waals surface area contributed by atoms with Gasteiger partial charge in [-0.3, -0.25) is 4.79 Å². The van der Waals surface area contributed by atoms with E-state index in [0.717, 1.165) is 45.3 Å². The SMILES string of the molecule is C=CC(=O)N1CCC(C2CCCCCN2C(=O)NC(C)C)CC1. The van der Waals surface area contributed by atoms with Crippen molar-refractivity contribution in [2.24, 2.45) is 5.92 Å². The molecule has 23 heavy (non-hydrogen) atoms. The van der Waals surface area contributed by atoms with Gasteiger partial charge in [-0.1, -0.05) is 19.4 Å². The van der Waals surface area contributed by atoms with Gasteiger partial charge in [0, 0.05) is 31.7 Å². The second-order valence-corrected chi connectivity index (χ2v) is 7.08. The van der Waals surface area contributed by atoms with Gasteiger partial charge in [-0.2, -0.15) is 0 Å². The third-order valence-electron chi connectivity index (χ3n) is 5.04. The zero-order chi connectivity index (χ0) is 16.8. The van der Waals surface area contributed by atoms with Crippen molar-refractivity contribution in [1.29, 1.82) is 0 Å². The molecular formula is C18H31N3O2. The van der Waals surface area contributed by atoms with Crippen molar-refractivity contribution in [3.63, 3.8) is 0 Å². The summed E-state index contributed by atoms with van der Waals surface area (Å²) < 4.78 is 0. The Hall–Kier alpha value is -1.52. The minimum Gasteiger partial charge on any atom is -0.339 e. The van der Waals surface area contributed by atoms with E-state index in [-0.39, 0.29) is 18.0 Å². The first-order valence-electron chi connectivity index (χ1n) is 9.01. The Labute approximate surface area is 140 Å². The molecule has 2 fully saturated rings. The van der Waals surface area contributed by atoms with E-state index >= 15 is 0 Å². The molecule has 0 aromatic carbocycles. The molecule has 5 heteroatoms. The van der Waals surface area contributed by atoms with Gasteiger partial charge in [0.1, 0.15) is 0 Å². The van der Waals surface area contributed by atoms with Crippen LogP contribution in [0.15, 0.2) is 12.7 Å². The summed E-state index contributed by atoms with van der Waals surface area (Å²) in [4.78, 5) is 28.2. The lowest BCUT2D eigenvalue weighted by Gasteiger charge is -2.40. The molecule has 130 valence electrons. The van der Waals surface area contributed by atoms with Crippen molar-refractivity contribution in [2.75, 3.05) is 19.6 Å². The summed E-state index contributed by atoms with van der Waals surface area (Å²) in [5, 5.41) is 3.05. The third kappa shape index (κ3) is 4.72. The Bertz CT molecular complexity index is 428. The van der Waals surface area contributed by atoms with Gasteiger partial charge in [-0.05, 0) is 51.5 Å². The van der Waals surface area contributed by atoms with E-state index in [4.69, 9.17) is 0 Å². The molecule has 1 unspecified atom stereocenters. The number of hydrogen-bond donors (Lipinski definition) is 1. The van der Waals surface area contributed by atoms with Gasteiger partial charge in [-0.15, -0.1) is 0 Å². The quantitative estimate of drug-likeness (QED) is 0.813. The lowest BCUT2D eigenvalue weighted by molar-refractivity contribution is -0.127. The Morgan fingerprint density at radius 1 is 1.09 bits per heavy atom. The first-order chi connectivity index (χ1) is 11.0. The van der Waals surface area contributed by atoms with E-state index < -0.39 is 0 Å². The van der Waals surface area contributed by atoms with Crippen LogP contribution in [0.1, 0.15) is 52.4 Å². The molecule has 0 aromatic rings. The van der Waals surface area contributed by atoms with Crippen molar-refractivity contribution in [1.82, 2.24) is 15.1 Å². The van der Waals surface area contributed by atoms with Crippen molar-refractivity contribution in [3.8, 4) is 0 Å². The number of piperidine rings is 1. The highest BCUT2D eigenvalue weighted by Gasteiger charge is 2.34. The second kappa shape index (κ2) is 8.37. The number of urea groups is 1. The van der Waals surface area contributed by atoms with E-state index in [1.165, 1.54) is 18.9 Å². The molecule has 0 bridgehead atoms. The van der Waals surface area contributed by atoms with Crippen LogP contribution in [-0.2, 0) is 4.79 Å². The van der Waals surface area contributed by atoms with E-state index in [1.807, 2.05) is 18.7 Å². The molecule has 2 rings (SSSR count). The predicted molar refractivity (Wildman–Crippen MR) is 92.1 cm³/mol. The molecule has 0 radical (unpaired) electrons. The average Bonchev–Trinajstić information content (AvgIpc) is 2.79. The maximum atomic E-state index is 12.6. The summed E-state index contributed by atoms with van der Waals surface area (Å²) in [6, 6.07) is 0.562. The average molecular weight is 321 g/mol. The number of rotatable bonds is 3. The maximum Gasteiger partial charge on any atom is 0.317 e. The molecule has 2 saturated heterocycles. The van der Waals surface area contributed by atoms with Gasteiger partial charge >= 0.3 is 6.03 Å². The summed E-state index contributed by atoms with van der Waals surface area (Å²) in [6.07, 6.45) is 7.94. The molecule has 3 amide bonds. The fourth-order valence-electron chi connectivity index (χ4n) is 3.84. The van der Waals surface area contributed by atoms with Crippen LogP contribution < -0.4 is 5.32 Å². The van der Waals surface area contributed by atoms with E-state index in [9.17, 15) is 9.59 Å². The topological polar surface area (TPSA) is 52.7 Å². The highest BCUT2D eigenvalue weighted by Crippen LogP contribution is 2.30. The number of amides is 3. The Morgan fingerprint density at radius 3 is 2.39 bits per heavy atom. The van der Waals surface area contributed by atoms with Gasteiger partial charge in [0.25, 0.3) is 0 Å². The monoisotopic (exact) mass is 321 g/mol. The highest BCUT2D eigenvalue weighted by molar-refractivity contribution is 5.87. The van der Waals surface area contributed by atoms with Crippen LogP contribution in [0.3, 0.4) is 0 Å².